The van der Waals surface area contributed by atoms with Crippen molar-refractivity contribution in [2.24, 2.45) is 11.8 Å². The van der Waals surface area contributed by atoms with E-state index in [4.69, 9.17) is 9.47 Å². The molecule has 110 valence electrons. The molecule has 1 aliphatic heterocycles. The van der Waals surface area contributed by atoms with E-state index in [-0.39, 0.29) is 23.4 Å². The van der Waals surface area contributed by atoms with Crippen molar-refractivity contribution in [2.45, 2.75) is 56.5 Å². The smallest absolute Gasteiger partial charge is 0.165 e. The van der Waals surface area contributed by atoms with Crippen LogP contribution in [0.15, 0.2) is 23.3 Å². The van der Waals surface area contributed by atoms with Crippen LogP contribution >= 0.6 is 0 Å². The number of hydrogen-bond acceptors (Lipinski definition) is 4. The van der Waals surface area contributed by atoms with Gasteiger partial charge >= 0.3 is 0 Å². The third kappa shape index (κ3) is 1.22. The molecule has 0 aromatic rings. The molecule has 4 aliphatic carbocycles. The highest BCUT2D eigenvalue weighted by Crippen LogP contribution is 2.71. The highest BCUT2D eigenvalue weighted by atomic mass is 16.8. The first kappa shape index (κ1) is 12.3. The fourth-order valence-corrected chi connectivity index (χ4v) is 5.61. The standard InChI is InChI=1S/C17H18O4/c1-15(2)20-16-7-9-3-11(18)5-13(9)17(16,21-15)8-10-4-12(19)6-14(10)16/h5-6,9-10H,3-4,7-8H2,1-2H3/t9-,10+,16-,17-/m0/s1. The number of fused-ring (bicyclic) bond motifs is 2. The summed E-state index contributed by atoms with van der Waals surface area (Å²) in [4.78, 5) is 23.7. The Hall–Kier alpha value is -1.26. The van der Waals surface area contributed by atoms with E-state index in [1.165, 1.54) is 0 Å². The van der Waals surface area contributed by atoms with Crippen LogP contribution in [0.5, 0.6) is 0 Å². The van der Waals surface area contributed by atoms with Gasteiger partial charge in [-0.1, -0.05) is 0 Å². The molecule has 0 aromatic carbocycles. The van der Waals surface area contributed by atoms with Crippen molar-refractivity contribution < 1.29 is 19.1 Å². The summed E-state index contributed by atoms with van der Waals surface area (Å²) < 4.78 is 12.8. The molecule has 0 unspecified atom stereocenters. The maximum Gasteiger partial charge on any atom is 0.165 e. The topological polar surface area (TPSA) is 52.6 Å². The van der Waals surface area contributed by atoms with Gasteiger partial charge < -0.3 is 9.47 Å². The van der Waals surface area contributed by atoms with E-state index >= 15 is 0 Å². The van der Waals surface area contributed by atoms with Crippen LogP contribution < -0.4 is 0 Å². The fourth-order valence-electron chi connectivity index (χ4n) is 5.61. The van der Waals surface area contributed by atoms with E-state index in [9.17, 15) is 9.59 Å². The second-order valence-corrected chi connectivity index (χ2v) is 7.60. The normalized spacial score (nSPS) is 48.9. The number of carbonyl (C=O) groups is 2. The average Bonchev–Trinajstić information content (AvgIpc) is 3.01. The Kier molecular flexibility index (Phi) is 1.89. The Labute approximate surface area is 123 Å². The minimum atomic E-state index is -0.672. The van der Waals surface area contributed by atoms with Crippen molar-refractivity contribution in [2.75, 3.05) is 0 Å². The zero-order chi connectivity index (χ0) is 14.6. The molecule has 0 aromatic heterocycles. The van der Waals surface area contributed by atoms with Gasteiger partial charge in [-0.3, -0.25) is 9.59 Å². The molecule has 21 heavy (non-hydrogen) atoms. The summed E-state index contributed by atoms with van der Waals surface area (Å²) in [5, 5.41) is 0. The molecule has 2 saturated carbocycles. The fraction of sp³-hybridized carbons (Fsp3) is 0.647. The highest BCUT2D eigenvalue weighted by Gasteiger charge is 2.77. The molecule has 0 bridgehead atoms. The van der Waals surface area contributed by atoms with Crippen LogP contribution in [0.2, 0.25) is 0 Å². The van der Waals surface area contributed by atoms with E-state index in [0.717, 1.165) is 24.0 Å². The molecule has 1 heterocycles. The summed E-state index contributed by atoms with van der Waals surface area (Å²) in [6.45, 7) is 3.86. The number of allylic oxidation sites excluding steroid dienone is 2. The minimum absolute atomic E-state index is 0.202. The van der Waals surface area contributed by atoms with Gasteiger partial charge in [0, 0.05) is 12.8 Å². The maximum atomic E-state index is 11.8. The monoisotopic (exact) mass is 286 g/mol. The molecular formula is C17H18O4. The van der Waals surface area contributed by atoms with E-state index in [2.05, 4.69) is 0 Å². The summed E-state index contributed by atoms with van der Waals surface area (Å²) in [6, 6.07) is 0. The van der Waals surface area contributed by atoms with Gasteiger partial charge in [0.25, 0.3) is 0 Å². The summed E-state index contributed by atoms with van der Waals surface area (Å²) in [6.07, 6.45) is 6.28. The van der Waals surface area contributed by atoms with Gasteiger partial charge in [0.05, 0.1) is 0 Å². The van der Waals surface area contributed by atoms with Gasteiger partial charge in [-0.2, -0.15) is 0 Å². The number of hydrogen-bond donors (Lipinski definition) is 0. The van der Waals surface area contributed by atoms with Crippen LogP contribution in [0, 0.1) is 11.8 Å². The van der Waals surface area contributed by atoms with Crippen molar-refractivity contribution >= 4 is 11.6 Å². The molecule has 0 N–H and O–H groups in total. The zero-order valence-corrected chi connectivity index (χ0v) is 12.3. The van der Waals surface area contributed by atoms with E-state index in [1.54, 1.807) is 12.2 Å². The Balaban J connectivity index is 1.75. The van der Waals surface area contributed by atoms with Crippen molar-refractivity contribution in [3.63, 3.8) is 0 Å². The molecule has 5 aliphatic rings. The molecule has 0 spiro atoms. The van der Waals surface area contributed by atoms with Crippen LogP contribution in [-0.2, 0) is 19.1 Å². The third-order valence-corrected chi connectivity index (χ3v) is 5.90. The van der Waals surface area contributed by atoms with Crippen LogP contribution in [0.3, 0.4) is 0 Å². The number of ketones is 2. The molecule has 3 fully saturated rings. The predicted molar refractivity (Wildman–Crippen MR) is 73.3 cm³/mol. The third-order valence-electron chi connectivity index (χ3n) is 5.90. The van der Waals surface area contributed by atoms with E-state index in [1.807, 2.05) is 13.8 Å². The molecule has 5 rings (SSSR count). The zero-order valence-electron chi connectivity index (χ0n) is 12.3. The van der Waals surface area contributed by atoms with E-state index in [0.29, 0.717) is 12.8 Å². The van der Waals surface area contributed by atoms with Crippen molar-refractivity contribution in [1.82, 2.24) is 0 Å². The molecule has 4 atom stereocenters. The van der Waals surface area contributed by atoms with Crippen LogP contribution in [0.1, 0.15) is 39.5 Å². The number of carbonyl (C=O) groups excluding carboxylic acids is 2. The predicted octanol–water partition coefficient (Wildman–Crippen LogP) is 2.09. The first-order valence-corrected chi connectivity index (χ1v) is 7.75. The minimum Gasteiger partial charge on any atom is -0.336 e. The van der Waals surface area contributed by atoms with Crippen LogP contribution in [0.25, 0.3) is 0 Å². The van der Waals surface area contributed by atoms with Crippen molar-refractivity contribution in [3.05, 3.63) is 23.3 Å². The lowest BCUT2D eigenvalue weighted by molar-refractivity contribution is -0.175. The summed E-state index contributed by atoms with van der Waals surface area (Å²) in [5.74, 6) is 0.189. The van der Waals surface area contributed by atoms with E-state index < -0.39 is 17.0 Å². The number of rotatable bonds is 0. The largest absolute Gasteiger partial charge is 0.336 e. The van der Waals surface area contributed by atoms with Gasteiger partial charge in [0.15, 0.2) is 17.4 Å². The highest BCUT2D eigenvalue weighted by molar-refractivity contribution is 5.97. The van der Waals surface area contributed by atoms with Gasteiger partial charge in [0.1, 0.15) is 11.2 Å². The summed E-state index contributed by atoms with van der Waals surface area (Å²) in [5.41, 5.74) is 1.23. The second kappa shape index (κ2) is 3.23. The first-order valence-electron chi connectivity index (χ1n) is 7.75. The lowest BCUT2D eigenvalue weighted by atomic mass is 9.85. The molecule has 4 heteroatoms. The van der Waals surface area contributed by atoms with Crippen molar-refractivity contribution in [3.8, 4) is 0 Å². The van der Waals surface area contributed by atoms with Gasteiger partial charge in [-0.25, -0.2) is 0 Å². The quantitative estimate of drug-likeness (QED) is 0.684. The van der Waals surface area contributed by atoms with Gasteiger partial charge in [0.2, 0.25) is 0 Å². The molecule has 0 radical (unpaired) electrons. The number of ether oxygens (including phenoxy) is 2. The average molecular weight is 286 g/mol. The lowest BCUT2D eigenvalue weighted by Gasteiger charge is -2.31. The Morgan fingerprint density at radius 1 is 0.905 bits per heavy atom. The molecule has 1 saturated heterocycles. The van der Waals surface area contributed by atoms with Gasteiger partial charge in [-0.15, -0.1) is 0 Å². The Bertz CT molecular complexity index is 614. The van der Waals surface area contributed by atoms with Crippen molar-refractivity contribution in [1.29, 1.82) is 0 Å². The second-order valence-electron chi connectivity index (χ2n) is 7.60. The first-order chi connectivity index (χ1) is 9.85. The summed E-state index contributed by atoms with van der Waals surface area (Å²) in [7, 11) is 0. The Morgan fingerprint density at radius 3 is 1.76 bits per heavy atom. The van der Waals surface area contributed by atoms with Crippen LogP contribution in [-0.4, -0.2) is 28.6 Å². The lowest BCUT2D eigenvalue weighted by Crippen LogP contribution is -2.44. The molecular weight excluding hydrogens is 268 g/mol. The van der Waals surface area contributed by atoms with Gasteiger partial charge in [-0.05, 0) is 61.8 Å². The molecule has 4 nitrogen and oxygen atoms in total. The van der Waals surface area contributed by atoms with Crippen LogP contribution in [0.4, 0.5) is 0 Å². The molecule has 0 amide bonds. The summed E-state index contributed by atoms with van der Waals surface area (Å²) >= 11 is 0. The SMILES string of the molecule is CC1(C)O[C@]23C[C@@H]4CC(=O)C=C4[C@]2(C[C@H]2CC(=O)C=C23)O1. The maximum absolute atomic E-state index is 11.8. The Morgan fingerprint density at radius 2 is 1.33 bits per heavy atom.